The second-order valence-corrected chi connectivity index (χ2v) is 1.90. The summed E-state index contributed by atoms with van der Waals surface area (Å²) in [5.74, 6) is 0. The first kappa shape index (κ1) is 6.01. The van der Waals surface area contributed by atoms with Crippen LogP contribution in [0.15, 0.2) is 0 Å². The van der Waals surface area contributed by atoms with Gasteiger partial charge in [-0.3, -0.25) is 5.32 Å². The van der Waals surface area contributed by atoms with Crippen LogP contribution in [0, 0.1) is 0 Å². The number of hydrogen-bond acceptors (Lipinski definition) is 3. The Hall–Kier alpha value is -0.120. The summed E-state index contributed by atoms with van der Waals surface area (Å²) in [6.07, 6.45) is 1.01. The zero-order valence-corrected chi connectivity index (χ0v) is 4.76. The van der Waals surface area contributed by atoms with E-state index in [-0.39, 0.29) is 12.7 Å². The van der Waals surface area contributed by atoms with Crippen molar-refractivity contribution in [2.24, 2.45) is 0 Å². The van der Waals surface area contributed by atoms with Crippen molar-refractivity contribution in [1.29, 1.82) is 0 Å². The topological polar surface area (TPSA) is 41.5 Å². The zero-order valence-electron chi connectivity index (χ0n) is 4.76. The Morgan fingerprint density at radius 3 is 3.00 bits per heavy atom. The standard InChI is InChI=1S/C5H11NO2/c7-3-5-1-2-6-4-8-5/h5-7H,1-4H2. The maximum absolute atomic E-state index is 8.54. The molecule has 2 N–H and O–H groups in total. The highest BCUT2D eigenvalue weighted by Gasteiger charge is 2.10. The molecule has 0 saturated carbocycles. The quantitative estimate of drug-likeness (QED) is 0.478. The molecule has 1 rings (SSSR count). The smallest absolute Gasteiger partial charge is 0.0970 e. The third-order valence-electron chi connectivity index (χ3n) is 1.27. The average molecular weight is 117 g/mol. The largest absolute Gasteiger partial charge is 0.394 e. The normalized spacial score (nSPS) is 30.4. The third kappa shape index (κ3) is 1.43. The first-order valence-corrected chi connectivity index (χ1v) is 2.86. The van der Waals surface area contributed by atoms with Crippen LogP contribution in [0.3, 0.4) is 0 Å². The molecule has 0 aromatic carbocycles. The number of nitrogens with one attached hydrogen (secondary N) is 1. The summed E-state index contributed by atoms with van der Waals surface area (Å²) in [5.41, 5.74) is 0. The summed E-state index contributed by atoms with van der Waals surface area (Å²) in [7, 11) is 0. The number of ether oxygens (including phenoxy) is 1. The van der Waals surface area contributed by atoms with Gasteiger partial charge in [-0.15, -0.1) is 0 Å². The van der Waals surface area contributed by atoms with E-state index in [9.17, 15) is 0 Å². The molecule has 1 heterocycles. The molecule has 0 amide bonds. The molecule has 48 valence electrons. The van der Waals surface area contributed by atoms with Crippen LogP contribution < -0.4 is 5.32 Å². The molecule has 8 heavy (non-hydrogen) atoms. The third-order valence-corrected chi connectivity index (χ3v) is 1.27. The van der Waals surface area contributed by atoms with Crippen LogP contribution in [0.2, 0.25) is 0 Å². The van der Waals surface area contributed by atoms with Gasteiger partial charge >= 0.3 is 0 Å². The molecule has 1 aliphatic heterocycles. The van der Waals surface area contributed by atoms with Crippen molar-refractivity contribution in [3.63, 3.8) is 0 Å². The molecule has 0 spiro atoms. The van der Waals surface area contributed by atoms with E-state index in [1.807, 2.05) is 0 Å². The maximum Gasteiger partial charge on any atom is 0.0970 e. The Labute approximate surface area is 48.7 Å². The van der Waals surface area contributed by atoms with Crippen LogP contribution in [0.4, 0.5) is 0 Å². The molecule has 0 aromatic rings. The Bertz CT molecular complexity index is 61.4. The Morgan fingerprint density at radius 2 is 2.62 bits per heavy atom. The van der Waals surface area contributed by atoms with Crippen molar-refractivity contribution >= 4 is 0 Å². The second kappa shape index (κ2) is 3.02. The number of rotatable bonds is 1. The summed E-state index contributed by atoms with van der Waals surface area (Å²) in [6.45, 7) is 1.71. The first-order chi connectivity index (χ1) is 3.93. The van der Waals surface area contributed by atoms with E-state index in [1.54, 1.807) is 0 Å². The highest BCUT2D eigenvalue weighted by molar-refractivity contribution is 4.61. The average Bonchev–Trinajstić information content (AvgIpc) is 1.90. The lowest BCUT2D eigenvalue weighted by Crippen LogP contribution is -2.35. The van der Waals surface area contributed by atoms with Gasteiger partial charge in [0.25, 0.3) is 0 Å². The van der Waals surface area contributed by atoms with Gasteiger partial charge in [0.1, 0.15) is 0 Å². The van der Waals surface area contributed by atoms with Crippen molar-refractivity contribution in [1.82, 2.24) is 5.32 Å². The molecule has 0 aromatic heterocycles. The van der Waals surface area contributed by atoms with Gasteiger partial charge in [-0.1, -0.05) is 0 Å². The predicted molar refractivity (Wildman–Crippen MR) is 29.4 cm³/mol. The number of aliphatic hydroxyl groups is 1. The van der Waals surface area contributed by atoms with Crippen molar-refractivity contribution in [3.8, 4) is 0 Å². The maximum atomic E-state index is 8.54. The molecule has 0 aliphatic carbocycles. The van der Waals surface area contributed by atoms with Gasteiger partial charge < -0.3 is 9.84 Å². The summed E-state index contributed by atoms with van der Waals surface area (Å²) in [6, 6.07) is 0. The summed E-state index contributed by atoms with van der Waals surface area (Å²) >= 11 is 0. The van der Waals surface area contributed by atoms with Gasteiger partial charge in [0.05, 0.1) is 19.4 Å². The van der Waals surface area contributed by atoms with E-state index in [0.29, 0.717) is 6.73 Å². The highest BCUT2D eigenvalue weighted by atomic mass is 16.5. The molecule has 1 unspecified atom stereocenters. The van der Waals surface area contributed by atoms with E-state index in [4.69, 9.17) is 9.84 Å². The second-order valence-electron chi connectivity index (χ2n) is 1.90. The fraction of sp³-hybridized carbons (Fsp3) is 1.00. The molecule has 3 heteroatoms. The lowest BCUT2D eigenvalue weighted by molar-refractivity contribution is -0.0239. The van der Waals surface area contributed by atoms with E-state index in [0.717, 1.165) is 13.0 Å². The summed E-state index contributed by atoms with van der Waals surface area (Å²) in [5, 5.41) is 11.6. The van der Waals surface area contributed by atoms with Crippen molar-refractivity contribution in [2.45, 2.75) is 12.5 Å². The van der Waals surface area contributed by atoms with Gasteiger partial charge in [-0.05, 0) is 13.0 Å². The Morgan fingerprint density at radius 1 is 1.75 bits per heavy atom. The Kier molecular flexibility index (Phi) is 2.27. The van der Waals surface area contributed by atoms with Gasteiger partial charge in [0.15, 0.2) is 0 Å². The summed E-state index contributed by atoms with van der Waals surface area (Å²) in [4.78, 5) is 0. The monoisotopic (exact) mass is 117 g/mol. The van der Waals surface area contributed by atoms with Gasteiger partial charge in [-0.2, -0.15) is 0 Å². The highest BCUT2D eigenvalue weighted by Crippen LogP contribution is 1.98. The molecule has 0 bridgehead atoms. The van der Waals surface area contributed by atoms with E-state index in [2.05, 4.69) is 5.32 Å². The van der Waals surface area contributed by atoms with Crippen LogP contribution >= 0.6 is 0 Å². The molecule has 1 atom stereocenters. The van der Waals surface area contributed by atoms with Crippen molar-refractivity contribution in [3.05, 3.63) is 0 Å². The fourth-order valence-corrected chi connectivity index (χ4v) is 0.739. The number of hydrogen-bond donors (Lipinski definition) is 2. The van der Waals surface area contributed by atoms with Crippen LogP contribution in [-0.2, 0) is 4.74 Å². The van der Waals surface area contributed by atoms with E-state index >= 15 is 0 Å². The van der Waals surface area contributed by atoms with E-state index in [1.165, 1.54) is 0 Å². The van der Waals surface area contributed by atoms with Crippen molar-refractivity contribution < 1.29 is 9.84 Å². The molecule has 1 saturated heterocycles. The lowest BCUT2D eigenvalue weighted by atomic mass is 10.2. The molecular weight excluding hydrogens is 106 g/mol. The Balaban J connectivity index is 2.13. The molecule has 3 nitrogen and oxygen atoms in total. The van der Waals surface area contributed by atoms with Gasteiger partial charge in [0.2, 0.25) is 0 Å². The van der Waals surface area contributed by atoms with Crippen LogP contribution in [-0.4, -0.2) is 31.1 Å². The molecular formula is C5H11NO2. The van der Waals surface area contributed by atoms with Crippen LogP contribution in [0.5, 0.6) is 0 Å². The van der Waals surface area contributed by atoms with Crippen LogP contribution in [0.25, 0.3) is 0 Å². The first-order valence-electron chi connectivity index (χ1n) is 2.86. The molecule has 0 radical (unpaired) electrons. The van der Waals surface area contributed by atoms with Gasteiger partial charge in [0, 0.05) is 0 Å². The number of aliphatic hydroxyl groups excluding tert-OH is 1. The fourth-order valence-electron chi connectivity index (χ4n) is 0.739. The van der Waals surface area contributed by atoms with Crippen molar-refractivity contribution in [2.75, 3.05) is 19.9 Å². The summed E-state index contributed by atoms with van der Waals surface area (Å²) < 4.78 is 5.07. The molecule has 1 fully saturated rings. The minimum absolute atomic E-state index is 0.0799. The zero-order chi connectivity index (χ0) is 5.82. The van der Waals surface area contributed by atoms with Gasteiger partial charge in [-0.25, -0.2) is 0 Å². The minimum atomic E-state index is 0.0799. The SMILES string of the molecule is OCC1CCNCO1. The minimum Gasteiger partial charge on any atom is -0.394 e. The van der Waals surface area contributed by atoms with E-state index < -0.39 is 0 Å². The predicted octanol–water partition coefficient (Wildman–Crippen LogP) is -0.685. The lowest BCUT2D eigenvalue weighted by Gasteiger charge is -2.20. The van der Waals surface area contributed by atoms with Crippen LogP contribution in [0.1, 0.15) is 6.42 Å². The molecule has 1 aliphatic rings.